The van der Waals surface area contributed by atoms with Crippen LogP contribution in [-0.2, 0) is 7.05 Å². The van der Waals surface area contributed by atoms with E-state index >= 15 is 0 Å². The van der Waals surface area contributed by atoms with Gasteiger partial charge >= 0.3 is 0 Å². The third-order valence-electron chi connectivity index (χ3n) is 2.76. The maximum atomic E-state index is 2.26. The van der Waals surface area contributed by atoms with E-state index in [4.69, 9.17) is 0 Å². The van der Waals surface area contributed by atoms with E-state index in [0.29, 0.717) is 0 Å². The third kappa shape index (κ3) is 2.21. The predicted molar refractivity (Wildman–Crippen MR) is 68.4 cm³/mol. The number of halogens is 1. The predicted octanol–water partition coefficient (Wildman–Crippen LogP) is 0.397. The molecule has 0 saturated carbocycles. The minimum Gasteiger partial charge on any atom is -1.00 e. The van der Waals surface area contributed by atoms with Crippen molar-refractivity contribution in [2.24, 2.45) is 7.05 Å². The quantitative estimate of drug-likeness (QED) is 0.441. The Bertz CT molecular complexity index is 631. The van der Waals surface area contributed by atoms with Gasteiger partial charge in [0.1, 0.15) is 11.7 Å². The number of rotatable bonds is 1. The van der Waals surface area contributed by atoms with Gasteiger partial charge in [-0.3, -0.25) is 0 Å². The molecule has 1 nitrogen and oxygen atoms in total. The minimum atomic E-state index is 0. The molecule has 0 bridgehead atoms. The topological polar surface area (TPSA) is 3.88 Å². The molecule has 0 saturated heterocycles. The molecular weight excluding hydrogens is 341 g/mol. The van der Waals surface area contributed by atoms with Crippen LogP contribution in [0.15, 0.2) is 54.6 Å². The van der Waals surface area contributed by atoms with E-state index in [-0.39, 0.29) is 24.0 Å². The van der Waals surface area contributed by atoms with Gasteiger partial charge in [0.25, 0.3) is 5.01 Å². The van der Waals surface area contributed by atoms with Crippen molar-refractivity contribution < 1.29 is 28.5 Å². The third-order valence-corrected chi connectivity index (χ3v) is 4.03. The van der Waals surface area contributed by atoms with Crippen molar-refractivity contribution in [1.82, 2.24) is 0 Å². The smallest absolute Gasteiger partial charge is 0.269 e. The van der Waals surface area contributed by atoms with Gasteiger partial charge in [0.15, 0.2) is 0 Å². The van der Waals surface area contributed by atoms with Gasteiger partial charge in [-0.2, -0.15) is 4.57 Å². The summed E-state index contributed by atoms with van der Waals surface area (Å²) in [5.74, 6) is 0. The van der Waals surface area contributed by atoms with Crippen molar-refractivity contribution in [1.29, 1.82) is 0 Å². The van der Waals surface area contributed by atoms with Crippen LogP contribution >= 0.6 is 11.3 Å². The Morgan fingerprint density at radius 1 is 0.882 bits per heavy atom. The fourth-order valence-electron chi connectivity index (χ4n) is 1.94. The van der Waals surface area contributed by atoms with Gasteiger partial charge in [-0.1, -0.05) is 41.7 Å². The SMILES string of the molecule is C[n+]1c(-c2ccccc2)sc2ccccc21.[I-]. The van der Waals surface area contributed by atoms with Crippen molar-refractivity contribution in [3.63, 3.8) is 0 Å². The summed E-state index contributed by atoms with van der Waals surface area (Å²) in [4.78, 5) is 0. The summed E-state index contributed by atoms with van der Waals surface area (Å²) in [7, 11) is 2.13. The molecular formula is C14H12INS. The number of para-hydroxylation sites is 1. The van der Waals surface area contributed by atoms with Gasteiger partial charge in [0.05, 0.1) is 5.56 Å². The first-order valence-corrected chi connectivity index (χ1v) is 6.11. The molecule has 0 fully saturated rings. The maximum Gasteiger partial charge on any atom is 0.269 e. The van der Waals surface area contributed by atoms with Gasteiger partial charge in [0, 0.05) is 6.07 Å². The van der Waals surface area contributed by atoms with Crippen LogP contribution in [0.1, 0.15) is 0 Å². The fourth-order valence-corrected chi connectivity index (χ4v) is 3.09. The van der Waals surface area contributed by atoms with Crippen molar-refractivity contribution in [3.8, 4) is 10.6 Å². The molecule has 0 aliphatic carbocycles. The number of thiazole rings is 1. The number of aromatic nitrogens is 1. The number of benzene rings is 2. The monoisotopic (exact) mass is 353 g/mol. The Morgan fingerprint density at radius 2 is 1.53 bits per heavy atom. The summed E-state index contributed by atoms with van der Waals surface area (Å²) in [6.45, 7) is 0. The number of fused-ring (bicyclic) bond motifs is 1. The van der Waals surface area contributed by atoms with Crippen LogP contribution in [0.2, 0.25) is 0 Å². The molecule has 0 atom stereocenters. The molecule has 0 aliphatic heterocycles. The lowest BCUT2D eigenvalue weighted by Gasteiger charge is -1.92. The van der Waals surface area contributed by atoms with Crippen molar-refractivity contribution >= 4 is 21.6 Å². The van der Waals surface area contributed by atoms with Gasteiger partial charge in [-0.05, 0) is 18.2 Å². The number of nitrogens with zero attached hydrogens (tertiary/aromatic N) is 1. The molecule has 1 aromatic heterocycles. The average molecular weight is 353 g/mol. The van der Waals surface area contributed by atoms with Crippen LogP contribution < -0.4 is 28.5 Å². The molecule has 17 heavy (non-hydrogen) atoms. The molecule has 0 N–H and O–H groups in total. The van der Waals surface area contributed by atoms with Crippen molar-refractivity contribution in [3.05, 3.63) is 54.6 Å². The summed E-state index contributed by atoms with van der Waals surface area (Å²) in [6.07, 6.45) is 0. The standard InChI is InChI=1S/C14H12NS.HI/c1-15-12-9-5-6-10-13(12)16-14(15)11-7-3-2-4-8-11;/h2-10H,1H3;1H/q+1;/p-1. The van der Waals surface area contributed by atoms with Crippen LogP contribution in [0.3, 0.4) is 0 Å². The summed E-state index contributed by atoms with van der Waals surface area (Å²) in [5.41, 5.74) is 2.58. The zero-order chi connectivity index (χ0) is 11.0. The lowest BCUT2D eigenvalue weighted by atomic mass is 10.2. The Labute approximate surface area is 122 Å². The van der Waals surface area contributed by atoms with E-state index in [1.165, 1.54) is 20.8 Å². The summed E-state index contributed by atoms with van der Waals surface area (Å²) in [5, 5.41) is 1.31. The second-order valence-corrected chi connectivity index (χ2v) is 4.83. The molecule has 86 valence electrons. The van der Waals surface area contributed by atoms with E-state index in [1.54, 1.807) is 0 Å². The van der Waals surface area contributed by atoms with Crippen molar-refractivity contribution in [2.45, 2.75) is 0 Å². The van der Waals surface area contributed by atoms with Crippen LogP contribution in [-0.4, -0.2) is 0 Å². The highest BCUT2D eigenvalue weighted by molar-refractivity contribution is 7.21. The van der Waals surface area contributed by atoms with Crippen molar-refractivity contribution in [2.75, 3.05) is 0 Å². The molecule has 3 rings (SSSR count). The molecule has 0 unspecified atom stereocenters. The average Bonchev–Trinajstić information content (AvgIpc) is 2.69. The van der Waals surface area contributed by atoms with Gasteiger partial charge < -0.3 is 24.0 Å². The van der Waals surface area contributed by atoms with E-state index < -0.39 is 0 Å². The molecule has 3 heteroatoms. The molecule has 0 amide bonds. The van der Waals surface area contributed by atoms with Crippen LogP contribution in [0.5, 0.6) is 0 Å². The first-order valence-electron chi connectivity index (χ1n) is 5.29. The fraction of sp³-hybridized carbons (Fsp3) is 0.0714. The summed E-state index contributed by atoms with van der Waals surface area (Å²) >= 11 is 1.84. The Morgan fingerprint density at radius 3 is 2.24 bits per heavy atom. The lowest BCUT2D eigenvalue weighted by molar-refractivity contribution is -0.629. The maximum absolute atomic E-state index is 2.26. The highest BCUT2D eigenvalue weighted by Crippen LogP contribution is 2.27. The highest BCUT2D eigenvalue weighted by Gasteiger charge is 2.17. The van der Waals surface area contributed by atoms with Crippen LogP contribution in [0.4, 0.5) is 0 Å². The summed E-state index contributed by atoms with van der Waals surface area (Å²) in [6, 6.07) is 19.0. The highest BCUT2D eigenvalue weighted by atomic mass is 127. The zero-order valence-electron chi connectivity index (χ0n) is 9.43. The minimum absolute atomic E-state index is 0. The summed E-state index contributed by atoms with van der Waals surface area (Å²) < 4.78 is 3.60. The van der Waals surface area contributed by atoms with Crippen LogP contribution in [0, 0.1) is 0 Å². The van der Waals surface area contributed by atoms with Gasteiger partial charge in [-0.25, -0.2) is 0 Å². The van der Waals surface area contributed by atoms with E-state index in [1.807, 2.05) is 11.3 Å². The first kappa shape index (κ1) is 12.5. The molecule has 2 aromatic carbocycles. The normalized spacial score (nSPS) is 10.2. The Balaban J connectivity index is 0.00000108. The number of hydrogen-bond acceptors (Lipinski definition) is 1. The Hall–Kier alpha value is -0.940. The van der Waals surface area contributed by atoms with Crippen LogP contribution in [0.25, 0.3) is 20.8 Å². The molecule has 1 heterocycles. The first-order chi connectivity index (χ1) is 7.86. The van der Waals surface area contributed by atoms with Gasteiger partial charge in [-0.15, -0.1) is 0 Å². The largest absolute Gasteiger partial charge is 1.00 e. The molecule has 3 aromatic rings. The van der Waals surface area contributed by atoms with E-state index in [0.717, 1.165) is 0 Å². The molecule has 0 spiro atoms. The van der Waals surface area contributed by atoms with Gasteiger partial charge in [0.2, 0.25) is 5.52 Å². The Kier molecular flexibility index (Phi) is 3.79. The molecule has 0 aliphatic rings. The van der Waals surface area contributed by atoms with E-state index in [2.05, 4.69) is 66.2 Å². The zero-order valence-corrected chi connectivity index (χ0v) is 12.4. The van der Waals surface area contributed by atoms with E-state index in [9.17, 15) is 0 Å². The number of aryl methyl sites for hydroxylation is 1. The lowest BCUT2D eigenvalue weighted by Crippen LogP contribution is -3.00. The second-order valence-electron chi connectivity index (χ2n) is 3.80. The molecule has 0 radical (unpaired) electrons. The second kappa shape index (κ2) is 5.14. The number of hydrogen-bond donors (Lipinski definition) is 0.